The van der Waals surface area contributed by atoms with E-state index in [9.17, 15) is 0 Å². The Balaban J connectivity index is 1.95. The van der Waals surface area contributed by atoms with Gasteiger partial charge >= 0.3 is 0 Å². The van der Waals surface area contributed by atoms with Crippen molar-refractivity contribution in [1.82, 2.24) is 0 Å². The standard InChI is InChI=1S/C13H17Cl/c14-13-8-4-7-12(10-13)9-11-5-2-1-3-6-11/h4,7-8,10-11H,1-3,5-6,9H2. The van der Waals surface area contributed by atoms with Gasteiger partial charge in [0.1, 0.15) is 0 Å². The number of hydrogen-bond donors (Lipinski definition) is 0. The Kier molecular flexibility index (Phi) is 3.47. The second-order valence-electron chi connectivity index (χ2n) is 4.34. The molecule has 76 valence electrons. The van der Waals surface area contributed by atoms with Crippen molar-refractivity contribution in [3.63, 3.8) is 0 Å². The molecule has 0 aliphatic heterocycles. The predicted octanol–water partition coefficient (Wildman–Crippen LogP) is 4.46. The molecule has 1 aromatic rings. The fraction of sp³-hybridized carbons (Fsp3) is 0.538. The van der Waals surface area contributed by atoms with Gasteiger partial charge in [-0.3, -0.25) is 0 Å². The lowest BCUT2D eigenvalue weighted by Gasteiger charge is -2.21. The highest BCUT2D eigenvalue weighted by Crippen LogP contribution is 2.27. The zero-order chi connectivity index (χ0) is 9.80. The molecule has 0 radical (unpaired) electrons. The van der Waals surface area contributed by atoms with Crippen LogP contribution in [0.25, 0.3) is 0 Å². The van der Waals surface area contributed by atoms with Crippen LogP contribution in [0.5, 0.6) is 0 Å². The molecule has 14 heavy (non-hydrogen) atoms. The van der Waals surface area contributed by atoms with E-state index < -0.39 is 0 Å². The van der Waals surface area contributed by atoms with Crippen molar-refractivity contribution < 1.29 is 0 Å². The number of rotatable bonds is 2. The molecule has 0 amide bonds. The third-order valence-electron chi connectivity index (χ3n) is 3.14. The Labute approximate surface area is 91.3 Å². The number of hydrogen-bond acceptors (Lipinski definition) is 0. The average molecular weight is 209 g/mol. The van der Waals surface area contributed by atoms with Crippen molar-refractivity contribution in [2.24, 2.45) is 5.92 Å². The van der Waals surface area contributed by atoms with E-state index in [0.717, 1.165) is 10.9 Å². The van der Waals surface area contributed by atoms with Gasteiger partial charge in [-0.05, 0) is 30.0 Å². The second kappa shape index (κ2) is 4.84. The van der Waals surface area contributed by atoms with E-state index in [-0.39, 0.29) is 0 Å². The van der Waals surface area contributed by atoms with Gasteiger partial charge in [-0.15, -0.1) is 0 Å². The van der Waals surface area contributed by atoms with Gasteiger partial charge in [0.2, 0.25) is 0 Å². The molecule has 0 N–H and O–H groups in total. The van der Waals surface area contributed by atoms with E-state index >= 15 is 0 Å². The summed E-state index contributed by atoms with van der Waals surface area (Å²) in [6.07, 6.45) is 8.32. The summed E-state index contributed by atoms with van der Waals surface area (Å²) < 4.78 is 0. The monoisotopic (exact) mass is 208 g/mol. The SMILES string of the molecule is Clc1cccc(CC2CCCCC2)c1. The first-order valence-electron chi connectivity index (χ1n) is 5.59. The summed E-state index contributed by atoms with van der Waals surface area (Å²) in [5.74, 6) is 0.905. The average Bonchev–Trinajstić information content (AvgIpc) is 2.19. The van der Waals surface area contributed by atoms with Gasteiger partial charge in [0.15, 0.2) is 0 Å². The molecule has 0 atom stereocenters. The molecule has 1 fully saturated rings. The third-order valence-corrected chi connectivity index (χ3v) is 3.37. The summed E-state index contributed by atoms with van der Waals surface area (Å²) in [6, 6.07) is 8.31. The Hall–Kier alpha value is -0.490. The summed E-state index contributed by atoms with van der Waals surface area (Å²) in [4.78, 5) is 0. The van der Waals surface area contributed by atoms with E-state index in [4.69, 9.17) is 11.6 Å². The maximum Gasteiger partial charge on any atom is 0.0408 e. The second-order valence-corrected chi connectivity index (χ2v) is 4.77. The highest BCUT2D eigenvalue weighted by atomic mass is 35.5. The Morgan fingerprint density at radius 3 is 2.64 bits per heavy atom. The maximum atomic E-state index is 5.96. The van der Waals surface area contributed by atoms with E-state index in [2.05, 4.69) is 18.2 Å². The minimum atomic E-state index is 0.873. The zero-order valence-corrected chi connectivity index (χ0v) is 9.26. The first-order valence-corrected chi connectivity index (χ1v) is 5.97. The van der Waals surface area contributed by atoms with Gasteiger partial charge in [-0.25, -0.2) is 0 Å². The number of halogens is 1. The molecule has 1 aliphatic carbocycles. The lowest BCUT2D eigenvalue weighted by Crippen LogP contribution is -2.09. The summed E-state index contributed by atoms with van der Waals surface area (Å²) in [6.45, 7) is 0. The van der Waals surface area contributed by atoms with Crippen molar-refractivity contribution >= 4 is 11.6 Å². The first kappa shape index (κ1) is 10.0. The van der Waals surface area contributed by atoms with Crippen LogP contribution in [0.2, 0.25) is 5.02 Å². The van der Waals surface area contributed by atoms with Crippen LogP contribution in [-0.2, 0) is 6.42 Å². The van der Waals surface area contributed by atoms with Crippen LogP contribution in [0.3, 0.4) is 0 Å². The smallest absolute Gasteiger partial charge is 0.0408 e. The lowest BCUT2D eigenvalue weighted by atomic mass is 9.85. The fourth-order valence-corrected chi connectivity index (χ4v) is 2.60. The topological polar surface area (TPSA) is 0 Å². The molecule has 1 aliphatic rings. The highest BCUT2D eigenvalue weighted by Gasteiger charge is 2.13. The van der Waals surface area contributed by atoms with E-state index in [1.807, 2.05) is 6.07 Å². The minimum Gasteiger partial charge on any atom is -0.0843 e. The Morgan fingerprint density at radius 1 is 1.14 bits per heavy atom. The summed E-state index contributed by atoms with van der Waals surface area (Å²) in [7, 11) is 0. The highest BCUT2D eigenvalue weighted by molar-refractivity contribution is 6.30. The molecule has 0 unspecified atom stereocenters. The molecular weight excluding hydrogens is 192 g/mol. The summed E-state index contributed by atoms with van der Waals surface area (Å²) in [5, 5.41) is 0.873. The van der Waals surface area contributed by atoms with Crippen LogP contribution in [0.4, 0.5) is 0 Å². The Morgan fingerprint density at radius 2 is 1.93 bits per heavy atom. The van der Waals surface area contributed by atoms with Crippen LogP contribution in [0.1, 0.15) is 37.7 Å². The third kappa shape index (κ3) is 2.75. The van der Waals surface area contributed by atoms with Gasteiger partial charge < -0.3 is 0 Å². The number of benzene rings is 1. The molecule has 1 heteroatoms. The molecule has 1 saturated carbocycles. The van der Waals surface area contributed by atoms with Crippen LogP contribution in [-0.4, -0.2) is 0 Å². The molecule has 0 heterocycles. The summed E-state index contributed by atoms with van der Waals surface area (Å²) in [5.41, 5.74) is 1.41. The normalized spacial score (nSPS) is 18.4. The molecule has 0 saturated heterocycles. The van der Waals surface area contributed by atoms with Gasteiger partial charge in [0.05, 0.1) is 0 Å². The van der Waals surface area contributed by atoms with Crippen molar-refractivity contribution in [2.75, 3.05) is 0 Å². The summed E-state index contributed by atoms with van der Waals surface area (Å²) >= 11 is 5.96. The van der Waals surface area contributed by atoms with E-state index in [0.29, 0.717) is 0 Å². The van der Waals surface area contributed by atoms with Crippen molar-refractivity contribution in [2.45, 2.75) is 38.5 Å². The largest absolute Gasteiger partial charge is 0.0843 e. The minimum absolute atomic E-state index is 0.873. The zero-order valence-electron chi connectivity index (χ0n) is 8.51. The molecular formula is C13H17Cl. The van der Waals surface area contributed by atoms with Gasteiger partial charge in [-0.2, -0.15) is 0 Å². The molecule has 1 aromatic carbocycles. The van der Waals surface area contributed by atoms with Crippen LogP contribution in [0, 0.1) is 5.92 Å². The predicted molar refractivity (Wildman–Crippen MR) is 61.7 cm³/mol. The van der Waals surface area contributed by atoms with Crippen molar-refractivity contribution in [3.8, 4) is 0 Å². The van der Waals surface area contributed by atoms with Crippen molar-refractivity contribution in [3.05, 3.63) is 34.9 Å². The van der Waals surface area contributed by atoms with Crippen molar-refractivity contribution in [1.29, 1.82) is 0 Å². The van der Waals surface area contributed by atoms with E-state index in [1.54, 1.807) is 0 Å². The van der Waals surface area contributed by atoms with Gasteiger partial charge in [0.25, 0.3) is 0 Å². The quantitative estimate of drug-likeness (QED) is 0.673. The molecule has 0 spiro atoms. The first-order chi connectivity index (χ1) is 6.84. The molecule has 0 nitrogen and oxygen atoms in total. The van der Waals surface area contributed by atoms with E-state index in [1.165, 1.54) is 44.1 Å². The molecule has 0 bridgehead atoms. The Bertz CT molecular complexity index is 287. The van der Waals surface area contributed by atoms with Crippen LogP contribution in [0.15, 0.2) is 24.3 Å². The van der Waals surface area contributed by atoms with Crippen LogP contribution < -0.4 is 0 Å². The van der Waals surface area contributed by atoms with Gasteiger partial charge in [-0.1, -0.05) is 55.8 Å². The fourth-order valence-electron chi connectivity index (χ4n) is 2.39. The van der Waals surface area contributed by atoms with Gasteiger partial charge in [0, 0.05) is 5.02 Å². The molecule has 0 aromatic heterocycles. The lowest BCUT2D eigenvalue weighted by molar-refractivity contribution is 0.356. The van der Waals surface area contributed by atoms with Crippen LogP contribution >= 0.6 is 11.6 Å². The molecule has 2 rings (SSSR count). The maximum absolute atomic E-state index is 5.96.